The number of sulfonamides is 1. The Bertz CT molecular complexity index is 621. The lowest BCUT2D eigenvalue weighted by atomic mass is 10.2. The summed E-state index contributed by atoms with van der Waals surface area (Å²) in [5.41, 5.74) is 5.80. The second-order valence-corrected chi connectivity index (χ2v) is 7.66. The van der Waals surface area contributed by atoms with E-state index in [1.54, 1.807) is 0 Å². The Balaban J connectivity index is 2.39. The molecule has 0 saturated carbocycles. The molecule has 112 valence electrons. The number of nitrogen functional groups attached to an aromatic ring is 1. The molecule has 5 nitrogen and oxygen atoms in total. The molecule has 1 aromatic carbocycles. The van der Waals surface area contributed by atoms with Crippen molar-refractivity contribution in [1.29, 1.82) is 0 Å². The smallest absolute Gasteiger partial charge is 0.244 e. The van der Waals surface area contributed by atoms with Gasteiger partial charge in [-0.05, 0) is 26.1 Å². The summed E-state index contributed by atoms with van der Waals surface area (Å²) >= 11 is 11.9. The molecule has 0 amide bonds. The quantitative estimate of drug-likeness (QED) is 0.837. The predicted molar refractivity (Wildman–Crippen MR) is 81.7 cm³/mol. The van der Waals surface area contributed by atoms with Crippen LogP contribution in [0.25, 0.3) is 0 Å². The molecule has 0 aromatic heterocycles. The molecule has 0 bridgehead atoms. The third-order valence-corrected chi connectivity index (χ3v) is 6.39. The van der Waals surface area contributed by atoms with Gasteiger partial charge in [-0.25, -0.2) is 8.42 Å². The number of anilines is 1. The van der Waals surface area contributed by atoms with Crippen molar-refractivity contribution in [3.8, 4) is 0 Å². The molecule has 1 fully saturated rings. The number of piperazine rings is 1. The van der Waals surface area contributed by atoms with Gasteiger partial charge in [-0.15, -0.1) is 0 Å². The molecule has 0 radical (unpaired) electrons. The average Bonchev–Trinajstić information content (AvgIpc) is 2.38. The molecule has 2 N–H and O–H groups in total. The molecule has 1 aliphatic heterocycles. The SMILES string of the molecule is CC1CN(S(=O)(=O)c2ccc(Cl)c(N)c2Cl)CCN1C. The minimum absolute atomic E-state index is 0.0101. The van der Waals surface area contributed by atoms with Crippen molar-refractivity contribution in [2.45, 2.75) is 17.9 Å². The molecule has 1 atom stereocenters. The Hall–Kier alpha value is -0.530. The van der Waals surface area contributed by atoms with Crippen molar-refractivity contribution < 1.29 is 8.42 Å². The zero-order valence-electron chi connectivity index (χ0n) is 11.3. The van der Waals surface area contributed by atoms with Crippen LogP contribution in [0.5, 0.6) is 0 Å². The zero-order chi connectivity index (χ0) is 15.1. The molecule has 2 rings (SSSR count). The molecular formula is C12H17Cl2N3O2S. The molecule has 1 saturated heterocycles. The second kappa shape index (κ2) is 5.69. The monoisotopic (exact) mass is 337 g/mol. The summed E-state index contributed by atoms with van der Waals surface area (Å²) in [5, 5.41) is 0.241. The maximum absolute atomic E-state index is 12.6. The van der Waals surface area contributed by atoms with E-state index in [4.69, 9.17) is 28.9 Å². The third-order valence-electron chi connectivity index (χ3n) is 3.63. The number of halogens is 2. The highest BCUT2D eigenvalue weighted by molar-refractivity contribution is 7.89. The first-order valence-corrected chi connectivity index (χ1v) is 8.38. The van der Waals surface area contributed by atoms with E-state index in [1.165, 1.54) is 16.4 Å². The summed E-state index contributed by atoms with van der Waals surface area (Å²) < 4.78 is 26.7. The summed E-state index contributed by atoms with van der Waals surface area (Å²) in [6.45, 7) is 3.53. The summed E-state index contributed by atoms with van der Waals surface area (Å²) in [6.07, 6.45) is 0. The highest BCUT2D eigenvalue weighted by atomic mass is 35.5. The van der Waals surface area contributed by atoms with Crippen LogP contribution >= 0.6 is 23.2 Å². The number of nitrogens with zero attached hydrogens (tertiary/aromatic N) is 2. The van der Waals surface area contributed by atoms with Gasteiger partial charge >= 0.3 is 0 Å². The van der Waals surface area contributed by atoms with Crippen LogP contribution in [0.4, 0.5) is 5.69 Å². The zero-order valence-corrected chi connectivity index (χ0v) is 13.6. The van der Waals surface area contributed by atoms with Gasteiger partial charge < -0.3 is 10.6 Å². The maximum Gasteiger partial charge on any atom is 0.244 e. The van der Waals surface area contributed by atoms with Gasteiger partial charge in [0.25, 0.3) is 0 Å². The van der Waals surface area contributed by atoms with Crippen LogP contribution in [0.2, 0.25) is 10.0 Å². The van der Waals surface area contributed by atoms with Crippen LogP contribution in [0.1, 0.15) is 6.92 Å². The summed E-state index contributed by atoms with van der Waals surface area (Å²) in [6, 6.07) is 3.01. The number of rotatable bonds is 2. The van der Waals surface area contributed by atoms with Crippen molar-refractivity contribution in [2.24, 2.45) is 0 Å². The largest absolute Gasteiger partial charge is 0.396 e. The molecule has 1 heterocycles. The van der Waals surface area contributed by atoms with Gasteiger partial charge in [-0.3, -0.25) is 0 Å². The summed E-state index contributed by atoms with van der Waals surface area (Å²) in [5.74, 6) is 0. The van der Waals surface area contributed by atoms with E-state index in [-0.39, 0.29) is 26.7 Å². The van der Waals surface area contributed by atoms with Crippen LogP contribution in [-0.2, 0) is 10.0 Å². The Kier molecular flexibility index (Phi) is 4.51. The Morgan fingerprint density at radius 2 is 1.95 bits per heavy atom. The van der Waals surface area contributed by atoms with Gasteiger partial charge in [0.05, 0.1) is 15.7 Å². The standard InChI is InChI=1S/C12H17Cl2N3O2S/c1-8-7-17(6-5-16(8)2)20(18,19)10-4-3-9(13)12(15)11(10)14/h3-4,8H,5-7,15H2,1-2H3. The number of hydrogen-bond donors (Lipinski definition) is 1. The predicted octanol–water partition coefficient (Wildman–Crippen LogP) is 1.90. The van der Waals surface area contributed by atoms with Gasteiger partial charge in [0.2, 0.25) is 10.0 Å². The number of likely N-dealkylation sites (N-methyl/N-ethyl adjacent to an activating group) is 1. The Labute approximate surface area is 129 Å². The number of nitrogens with two attached hydrogens (primary N) is 1. The van der Waals surface area contributed by atoms with Crippen LogP contribution in [0, 0.1) is 0 Å². The molecule has 1 aliphatic rings. The van der Waals surface area contributed by atoms with E-state index >= 15 is 0 Å². The van der Waals surface area contributed by atoms with Crippen LogP contribution in [0.3, 0.4) is 0 Å². The van der Waals surface area contributed by atoms with E-state index < -0.39 is 10.0 Å². The normalized spacial score (nSPS) is 22.1. The van der Waals surface area contributed by atoms with Crippen molar-refractivity contribution in [3.05, 3.63) is 22.2 Å². The van der Waals surface area contributed by atoms with E-state index in [2.05, 4.69) is 4.90 Å². The fourth-order valence-electron chi connectivity index (χ4n) is 2.12. The van der Waals surface area contributed by atoms with Crippen LogP contribution < -0.4 is 5.73 Å². The van der Waals surface area contributed by atoms with Gasteiger partial charge in [-0.2, -0.15) is 4.31 Å². The molecule has 1 unspecified atom stereocenters. The van der Waals surface area contributed by atoms with Crippen molar-refractivity contribution >= 4 is 38.9 Å². The highest BCUT2D eigenvalue weighted by Gasteiger charge is 2.32. The van der Waals surface area contributed by atoms with Crippen LogP contribution in [0.15, 0.2) is 17.0 Å². The molecule has 0 aliphatic carbocycles. The summed E-state index contributed by atoms with van der Waals surface area (Å²) in [7, 11) is -1.68. The van der Waals surface area contributed by atoms with E-state index in [0.29, 0.717) is 19.6 Å². The Morgan fingerprint density at radius 1 is 1.30 bits per heavy atom. The first-order chi connectivity index (χ1) is 9.25. The minimum atomic E-state index is -3.65. The highest BCUT2D eigenvalue weighted by Crippen LogP contribution is 2.34. The molecular weight excluding hydrogens is 321 g/mol. The van der Waals surface area contributed by atoms with Gasteiger partial charge in [0.15, 0.2) is 0 Å². The third kappa shape index (κ3) is 2.76. The van der Waals surface area contributed by atoms with E-state index in [9.17, 15) is 8.42 Å². The van der Waals surface area contributed by atoms with E-state index in [1.807, 2.05) is 14.0 Å². The van der Waals surface area contributed by atoms with Gasteiger partial charge in [0.1, 0.15) is 4.90 Å². The first kappa shape index (κ1) is 15.9. The Morgan fingerprint density at radius 3 is 2.55 bits per heavy atom. The second-order valence-electron chi connectivity index (χ2n) is 4.97. The fraction of sp³-hybridized carbons (Fsp3) is 0.500. The molecule has 0 spiro atoms. The minimum Gasteiger partial charge on any atom is -0.396 e. The molecule has 20 heavy (non-hydrogen) atoms. The van der Waals surface area contributed by atoms with E-state index in [0.717, 1.165) is 0 Å². The summed E-state index contributed by atoms with van der Waals surface area (Å²) in [4.78, 5) is 2.13. The van der Waals surface area contributed by atoms with Gasteiger partial charge in [-0.1, -0.05) is 23.2 Å². The lowest BCUT2D eigenvalue weighted by molar-refractivity contribution is 0.159. The topological polar surface area (TPSA) is 66.6 Å². The number of hydrogen-bond acceptors (Lipinski definition) is 4. The molecule has 1 aromatic rings. The van der Waals surface area contributed by atoms with Crippen LogP contribution in [-0.4, -0.2) is 50.3 Å². The van der Waals surface area contributed by atoms with Crippen molar-refractivity contribution in [3.63, 3.8) is 0 Å². The first-order valence-electron chi connectivity index (χ1n) is 6.19. The number of benzene rings is 1. The van der Waals surface area contributed by atoms with Gasteiger partial charge in [0, 0.05) is 25.7 Å². The van der Waals surface area contributed by atoms with Crippen molar-refractivity contribution in [1.82, 2.24) is 9.21 Å². The average molecular weight is 338 g/mol. The molecule has 8 heteroatoms. The lowest BCUT2D eigenvalue weighted by Crippen LogP contribution is -2.51. The maximum atomic E-state index is 12.6. The fourth-order valence-corrected chi connectivity index (χ4v) is 4.37. The lowest BCUT2D eigenvalue weighted by Gasteiger charge is -2.36. The van der Waals surface area contributed by atoms with Crippen molar-refractivity contribution in [2.75, 3.05) is 32.4 Å².